The Hall–Kier alpha value is -3.87. The molecule has 2 aromatic carbocycles. The van der Waals surface area contributed by atoms with E-state index in [1.54, 1.807) is 6.20 Å². The number of para-hydroxylation sites is 1. The molecular formula is C30H36N6O. The molecule has 3 heterocycles. The van der Waals surface area contributed by atoms with Crippen LogP contribution in [0.4, 0.5) is 5.82 Å². The van der Waals surface area contributed by atoms with Gasteiger partial charge in [-0.1, -0.05) is 62.4 Å². The molecule has 7 heteroatoms. The maximum absolute atomic E-state index is 13.9. The number of hydrogen-bond acceptors (Lipinski definition) is 4. The van der Waals surface area contributed by atoms with Crippen molar-refractivity contribution in [3.05, 3.63) is 95.4 Å². The number of nitrogens with zero attached hydrogens (tertiary/aromatic N) is 4. The van der Waals surface area contributed by atoms with E-state index in [0.29, 0.717) is 5.56 Å². The first-order valence-corrected chi connectivity index (χ1v) is 13.1. The van der Waals surface area contributed by atoms with Crippen LogP contribution in [0.1, 0.15) is 80.3 Å². The largest absolute Gasteiger partial charge is 0.363 e. The second-order valence-corrected chi connectivity index (χ2v) is 10.6. The zero-order chi connectivity index (χ0) is 26.2. The first-order valence-electron chi connectivity index (χ1n) is 13.1. The molecule has 5 rings (SSSR count). The predicted octanol–water partition coefficient (Wildman–Crippen LogP) is 6.11. The minimum atomic E-state index is -0.598. The van der Waals surface area contributed by atoms with Gasteiger partial charge >= 0.3 is 0 Å². The van der Waals surface area contributed by atoms with Crippen LogP contribution in [0.3, 0.4) is 0 Å². The number of carbonyl (C=O) groups is 1. The van der Waals surface area contributed by atoms with E-state index >= 15 is 0 Å². The van der Waals surface area contributed by atoms with Crippen LogP contribution in [0.5, 0.6) is 0 Å². The summed E-state index contributed by atoms with van der Waals surface area (Å²) in [6.07, 6.45) is 4.00. The zero-order valence-electron chi connectivity index (χ0n) is 22.3. The van der Waals surface area contributed by atoms with Gasteiger partial charge in [0.25, 0.3) is 5.91 Å². The Morgan fingerprint density at radius 1 is 1.08 bits per heavy atom. The van der Waals surface area contributed by atoms with Crippen LogP contribution in [0.15, 0.2) is 72.9 Å². The third-order valence-corrected chi connectivity index (χ3v) is 7.74. The molecule has 1 amide bonds. The summed E-state index contributed by atoms with van der Waals surface area (Å²) in [5, 5.41) is 16.6. The molecule has 1 aliphatic rings. The molecule has 0 spiro atoms. The number of amides is 1. The number of anilines is 1. The quantitative estimate of drug-likeness (QED) is 0.323. The number of aromatic nitrogens is 4. The molecular weight excluding hydrogens is 460 g/mol. The molecule has 0 saturated carbocycles. The van der Waals surface area contributed by atoms with Crippen molar-refractivity contribution in [2.75, 3.05) is 5.32 Å². The van der Waals surface area contributed by atoms with Crippen molar-refractivity contribution in [3.63, 3.8) is 0 Å². The number of benzene rings is 2. The number of carbonyl (C=O) groups excluding carboxylic acids is 1. The molecule has 1 unspecified atom stereocenters. The molecule has 0 fully saturated rings. The summed E-state index contributed by atoms with van der Waals surface area (Å²) in [5.74, 6) is 0.614. The number of fused-ring (bicyclic) bond motifs is 1. The van der Waals surface area contributed by atoms with E-state index in [9.17, 15) is 4.79 Å². The Balaban J connectivity index is 1.47. The Kier molecular flexibility index (Phi) is 6.40. The van der Waals surface area contributed by atoms with E-state index in [4.69, 9.17) is 5.10 Å². The molecule has 2 N–H and O–H groups in total. The van der Waals surface area contributed by atoms with Gasteiger partial charge in [0.1, 0.15) is 11.4 Å². The molecule has 1 atom stereocenters. The van der Waals surface area contributed by atoms with Crippen LogP contribution in [0.2, 0.25) is 0 Å². The van der Waals surface area contributed by atoms with Gasteiger partial charge in [-0.2, -0.15) is 10.2 Å². The van der Waals surface area contributed by atoms with Crippen molar-refractivity contribution in [2.24, 2.45) is 0 Å². The fourth-order valence-corrected chi connectivity index (χ4v) is 5.48. The van der Waals surface area contributed by atoms with E-state index in [-0.39, 0.29) is 17.5 Å². The minimum absolute atomic E-state index is 0.0956. The van der Waals surface area contributed by atoms with Gasteiger partial charge < -0.3 is 10.6 Å². The van der Waals surface area contributed by atoms with Crippen molar-refractivity contribution in [1.82, 2.24) is 24.9 Å². The van der Waals surface area contributed by atoms with Crippen LogP contribution in [0.25, 0.3) is 5.69 Å². The molecule has 7 nitrogen and oxygen atoms in total. The maximum Gasteiger partial charge on any atom is 0.257 e. The van der Waals surface area contributed by atoms with E-state index in [0.717, 1.165) is 42.2 Å². The van der Waals surface area contributed by atoms with Gasteiger partial charge in [0.2, 0.25) is 0 Å². The molecule has 0 saturated heterocycles. The third kappa shape index (κ3) is 4.43. The topological polar surface area (TPSA) is 76.8 Å². The van der Waals surface area contributed by atoms with Crippen molar-refractivity contribution in [3.8, 4) is 5.69 Å². The summed E-state index contributed by atoms with van der Waals surface area (Å²) >= 11 is 0. The van der Waals surface area contributed by atoms with Gasteiger partial charge in [-0.3, -0.25) is 4.79 Å². The standard InChI is InChI=1S/C30H36N6O/c1-6-30(7-2,26-18-21(3)35(34-26)23-16-12-9-13-17-23)33-28(37)24-20-31-36-27(24)32-25(19-29(36,4)5)22-14-10-8-11-15-22/h8-18,20,25,32H,6-7,19H2,1-5H3,(H,33,37). The molecule has 4 aromatic rings. The average molecular weight is 497 g/mol. The minimum Gasteiger partial charge on any atom is -0.363 e. The molecule has 0 aliphatic carbocycles. The summed E-state index contributed by atoms with van der Waals surface area (Å²) in [7, 11) is 0. The van der Waals surface area contributed by atoms with Crippen LogP contribution in [-0.2, 0) is 11.1 Å². The van der Waals surface area contributed by atoms with E-state index in [1.807, 2.05) is 52.7 Å². The van der Waals surface area contributed by atoms with Crippen LogP contribution in [-0.4, -0.2) is 25.5 Å². The van der Waals surface area contributed by atoms with Crippen LogP contribution in [0, 0.1) is 6.92 Å². The second kappa shape index (κ2) is 9.54. The zero-order valence-corrected chi connectivity index (χ0v) is 22.3. The molecule has 37 heavy (non-hydrogen) atoms. The van der Waals surface area contributed by atoms with Gasteiger partial charge in [-0.15, -0.1) is 0 Å². The lowest BCUT2D eigenvalue weighted by atomic mass is 9.88. The van der Waals surface area contributed by atoms with Crippen molar-refractivity contribution in [1.29, 1.82) is 0 Å². The smallest absolute Gasteiger partial charge is 0.257 e. The Bertz CT molecular complexity index is 1380. The van der Waals surface area contributed by atoms with Gasteiger partial charge in [0, 0.05) is 5.69 Å². The van der Waals surface area contributed by atoms with E-state index < -0.39 is 5.54 Å². The Labute approximate surface area is 218 Å². The van der Waals surface area contributed by atoms with Gasteiger partial charge in [-0.25, -0.2) is 9.36 Å². The van der Waals surface area contributed by atoms with Crippen molar-refractivity contribution >= 4 is 11.7 Å². The number of aryl methyl sites for hydroxylation is 1. The second-order valence-electron chi connectivity index (χ2n) is 10.6. The van der Waals surface area contributed by atoms with Crippen molar-refractivity contribution in [2.45, 2.75) is 71.0 Å². The molecule has 192 valence electrons. The lowest BCUT2D eigenvalue weighted by Crippen LogP contribution is -2.46. The Morgan fingerprint density at radius 3 is 2.38 bits per heavy atom. The maximum atomic E-state index is 13.9. The van der Waals surface area contributed by atoms with E-state index in [1.165, 1.54) is 5.56 Å². The summed E-state index contributed by atoms with van der Waals surface area (Å²) in [6.45, 7) is 10.6. The number of hydrogen-bond donors (Lipinski definition) is 2. The summed E-state index contributed by atoms with van der Waals surface area (Å²) in [5.41, 5.74) is 3.81. The highest BCUT2D eigenvalue weighted by molar-refractivity contribution is 5.99. The highest BCUT2D eigenvalue weighted by Crippen LogP contribution is 2.40. The number of nitrogens with one attached hydrogen (secondary N) is 2. The summed E-state index contributed by atoms with van der Waals surface area (Å²) in [6, 6.07) is 22.7. The summed E-state index contributed by atoms with van der Waals surface area (Å²) in [4.78, 5) is 13.9. The van der Waals surface area contributed by atoms with Crippen LogP contribution >= 0.6 is 0 Å². The fourth-order valence-electron chi connectivity index (χ4n) is 5.48. The average Bonchev–Trinajstić information content (AvgIpc) is 3.53. The molecule has 1 aliphatic heterocycles. The highest BCUT2D eigenvalue weighted by atomic mass is 16.2. The lowest BCUT2D eigenvalue weighted by Gasteiger charge is -2.38. The Morgan fingerprint density at radius 2 is 1.73 bits per heavy atom. The molecule has 0 bridgehead atoms. The molecule has 2 aromatic heterocycles. The van der Waals surface area contributed by atoms with E-state index in [2.05, 4.69) is 73.8 Å². The highest BCUT2D eigenvalue weighted by Gasteiger charge is 2.39. The van der Waals surface area contributed by atoms with Gasteiger partial charge in [-0.05, 0) is 63.8 Å². The summed E-state index contributed by atoms with van der Waals surface area (Å²) < 4.78 is 3.90. The first kappa shape index (κ1) is 24.8. The monoisotopic (exact) mass is 496 g/mol. The third-order valence-electron chi connectivity index (χ3n) is 7.74. The normalized spacial score (nSPS) is 16.6. The molecule has 0 radical (unpaired) electrons. The fraction of sp³-hybridized carbons (Fsp3) is 0.367. The van der Waals surface area contributed by atoms with Gasteiger partial charge in [0.15, 0.2) is 0 Å². The van der Waals surface area contributed by atoms with Crippen LogP contribution < -0.4 is 10.6 Å². The lowest BCUT2D eigenvalue weighted by molar-refractivity contribution is 0.0887. The first-order chi connectivity index (χ1) is 17.8. The SMILES string of the molecule is CCC(CC)(NC(=O)c1cnn2c1NC(c1ccccc1)CC2(C)C)c1cc(C)n(-c2ccccc2)n1. The van der Waals surface area contributed by atoms with Gasteiger partial charge in [0.05, 0.1) is 34.7 Å². The van der Waals surface area contributed by atoms with Crippen molar-refractivity contribution < 1.29 is 4.79 Å². The number of rotatable bonds is 7. The predicted molar refractivity (Wildman–Crippen MR) is 147 cm³/mol.